The molecule has 0 saturated carbocycles. The molecule has 0 aliphatic carbocycles. The van der Waals surface area contributed by atoms with Crippen LogP contribution < -0.4 is 9.47 Å². The van der Waals surface area contributed by atoms with Gasteiger partial charge in [0.15, 0.2) is 0 Å². The molecule has 0 aliphatic heterocycles. The highest BCUT2D eigenvalue weighted by molar-refractivity contribution is 5.87. The van der Waals surface area contributed by atoms with Crippen molar-refractivity contribution in [2.45, 2.75) is 13.8 Å². The lowest BCUT2D eigenvalue weighted by Crippen LogP contribution is -2.04. The number of carbonyl (C=O) groups excluding carboxylic acids is 2. The Morgan fingerprint density at radius 3 is 1.26 bits per heavy atom. The van der Waals surface area contributed by atoms with Gasteiger partial charge in [0.05, 0.1) is 0 Å². The van der Waals surface area contributed by atoms with E-state index >= 15 is 0 Å². The zero-order valence-electron chi connectivity index (χ0n) is 19.6. The standard InChI is InChI=1S/C28H30O6/c1-21(2)27(29)33-19-7-5-17-31-25-13-9-23(10-14-25)24-11-15-26(16-12-24)32-18-6-8-20-34-28(30)22(3)4/h5-16H,1,3,17-20H2,2,4H3. The normalized spacial score (nSPS) is 10.8. The van der Waals surface area contributed by atoms with Gasteiger partial charge in [0, 0.05) is 11.1 Å². The monoisotopic (exact) mass is 462 g/mol. The molecule has 6 nitrogen and oxygen atoms in total. The van der Waals surface area contributed by atoms with Crippen LogP contribution in [0.2, 0.25) is 0 Å². The van der Waals surface area contributed by atoms with E-state index < -0.39 is 11.9 Å². The van der Waals surface area contributed by atoms with E-state index in [-0.39, 0.29) is 13.2 Å². The first-order valence-corrected chi connectivity index (χ1v) is 10.8. The minimum atomic E-state index is -0.406. The summed E-state index contributed by atoms with van der Waals surface area (Å²) < 4.78 is 21.3. The van der Waals surface area contributed by atoms with Crippen LogP contribution >= 0.6 is 0 Å². The van der Waals surface area contributed by atoms with Crippen molar-refractivity contribution >= 4 is 11.9 Å². The molecule has 0 spiro atoms. The number of ether oxygens (including phenoxy) is 4. The lowest BCUT2D eigenvalue weighted by molar-refractivity contribution is -0.138. The van der Waals surface area contributed by atoms with Crippen molar-refractivity contribution in [3.63, 3.8) is 0 Å². The van der Waals surface area contributed by atoms with Crippen molar-refractivity contribution in [1.82, 2.24) is 0 Å². The maximum absolute atomic E-state index is 11.3. The Labute approximate surface area is 200 Å². The minimum absolute atomic E-state index is 0.189. The van der Waals surface area contributed by atoms with Gasteiger partial charge in [-0.1, -0.05) is 37.4 Å². The Balaban J connectivity index is 1.73. The van der Waals surface area contributed by atoms with Gasteiger partial charge < -0.3 is 18.9 Å². The topological polar surface area (TPSA) is 71.1 Å². The molecule has 6 heteroatoms. The molecule has 0 aliphatic rings. The quantitative estimate of drug-likeness (QED) is 0.224. The molecule has 0 atom stereocenters. The first-order chi connectivity index (χ1) is 16.4. The molecule has 0 N–H and O–H groups in total. The third-order valence-electron chi connectivity index (χ3n) is 4.39. The average Bonchev–Trinajstić information content (AvgIpc) is 2.83. The lowest BCUT2D eigenvalue weighted by Gasteiger charge is -2.07. The summed E-state index contributed by atoms with van der Waals surface area (Å²) >= 11 is 0. The predicted octanol–water partition coefficient (Wildman–Crippen LogP) is 5.46. The van der Waals surface area contributed by atoms with Crippen LogP contribution in [0.3, 0.4) is 0 Å². The first-order valence-electron chi connectivity index (χ1n) is 10.8. The molecule has 178 valence electrons. The maximum Gasteiger partial charge on any atom is 0.333 e. The summed E-state index contributed by atoms with van der Waals surface area (Å²) in [6.07, 6.45) is 7.05. The number of benzene rings is 2. The van der Waals surface area contributed by atoms with E-state index in [2.05, 4.69) is 13.2 Å². The Morgan fingerprint density at radius 1 is 0.618 bits per heavy atom. The van der Waals surface area contributed by atoms with Gasteiger partial charge in [0.25, 0.3) is 0 Å². The van der Waals surface area contributed by atoms with E-state index in [4.69, 9.17) is 18.9 Å². The average molecular weight is 463 g/mol. The Bertz CT molecular complexity index is 944. The molecule has 2 aromatic rings. The van der Waals surface area contributed by atoms with Crippen molar-refractivity contribution in [3.8, 4) is 22.6 Å². The van der Waals surface area contributed by atoms with Gasteiger partial charge in [-0.3, -0.25) is 0 Å². The van der Waals surface area contributed by atoms with Crippen molar-refractivity contribution in [2.24, 2.45) is 0 Å². The van der Waals surface area contributed by atoms with E-state index in [9.17, 15) is 9.59 Å². The predicted molar refractivity (Wildman–Crippen MR) is 133 cm³/mol. The SMILES string of the molecule is C=C(C)C(=O)OCC=CCOc1ccc(-c2ccc(OCC=CCOC(=O)C(=C)C)cc2)cc1. The maximum atomic E-state index is 11.3. The van der Waals surface area contributed by atoms with Gasteiger partial charge in [0.1, 0.15) is 37.9 Å². The first kappa shape index (κ1) is 26.2. The van der Waals surface area contributed by atoms with Gasteiger partial charge in [-0.05, 0) is 73.5 Å². The molecule has 0 radical (unpaired) electrons. The second kappa shape index (κ2) is 14.2. The lowest BCUT2D eigenvalue weighted by atomic mass is 10.1. The molecular weight excluding hydrogens is 432 g/mol. The van der Waals surface area contributed by atoms with Crippen molar-refractivity contribution in [3.05, 3.63) is 97.1 Å². The van der Waals surface area contributed by atoms with Crippen molar-refractivity contribution in [2.75, 3.05) is 26.4 Å². The summed E-state index contributed by atoms with van der Waals surface area (Å²) in [5.74, 6) is 0.675. The van der Waals surface area contributed by atoms with Crippen LogP contribution in [0, 0.1) is 0 Å². The molecule has 0 unspecified atom stereocenters. The summed E-state index contributed by atoms with van der Waals surface area (Å²) in [6.45, 7) is 11.4. The summed E-state index contributed by atoms with van der Waals surface area (Å²) in [6, 6.07) is 15.6. The van der Waals surface area contributed by atoms with E-state index in [1.54, 1.807) is 38.2 Å². The zero-order chi connectivity index (χ0) is 24.8. The summed E-state index contributed by atoms with van der Waals surface area (Å²) in [5.41, 5.74) is 2.86. The fraction of sp³-hybridized carbons (Fsp3) is 0.214. The minimum Gasteiger partial charge on any atom is -0.490 e. The second-order valence-electron chi connectivity index (χ2n) is 7.37. The fourth-order valence-electron chi connectivity index (χ4n) is 2.54. The van der Waals surface area contributed by atoms with Crippen LogP contribution in [0.5, 0.6) is 11.5 Å². The largest absolute Gasteiger partial charge is 0.490 e. The van der Waals surface area contributed by atoms with Gasteiger partial charge >= 0.3 is 11.9 Å². The number of carbonyl (C=O) groups is 2. The molecule has 0 bridgehead atoms. The van der Waals surface area contributed by atoms with Gasteiger partial charge in [-0.2, -0.15) is 0 Å². The fourth-order valence-corrected chi connectivity index (χ4v) is 2.54. The molecule has 0 aromatic heterocycles. The number of hydrogen-bond donors (Lipinski definition) is 0. The summed E-state index contributed by atoms with van der Waals surface area (Å²) in [5, 5.41) is 0. The number of rotatable bonds is 13. The molecule has 34 heavy (non-hydrogen) atoms. The molecule has 0 saturated heterocycles. The van der Waals surface area contributed by atoms with Gasteiger partial charge in [-0.25, -0.2) is 9.59 Å². The van der Waals surface area contributed by atoms with Gasteiger partial charge in [-0.15, -0.1) is 0 Å². The van der Waals surface area contributed by atoms with Gasteiger partial charge in [0.2, 0.25) is 0 Å². The van der Waals surface area contributed by atoms with Crippen molar-refractivity contribution < 1.29 is 28.5 Å². The Kier molecular flexibility index (Phi) is 10.9. The van der Waals surface area contributed by atoms with Crippen LogP contribution in [0.1, 0.15) is 13.8 Å². The highest BCUT2D eigenvalue weighted by Gasteiger charge is 2.02. The highest BCUT2D eigenvalue weighted by Crippen LogP contribution is 2.24. The third-order valence-corrected chi connectivity index (χ3v) is 4.39. The molecule has 0 heterocycles. The summed E-state index contributed by atoms with van der Waals surface area (Å²) in [7, 11) is 0. The Hall–Kier alpha value is -4.06. The molecule has 0 fully saturated rings. The molecule has 0 amide bonds. The number of esters is 2. The highest BCUT2D eigenvalue weighted by atomic mass is 16.5. The third kappa shape index (κ3) is 9.61. The van der Waals surface area contributed by atoms with E-state index in [1.807, 2.05) is 48.5 Å². The smallest absolute Gasteiger partial charge is 0.333 e. The van der Waals surface area contributed by atoms with E-state index in [0.717, 1.165) is 22.6 Å². The van der Waals surface area contributed by atoms with Crippen LogP contribution in [0.15, 0.2) is 97.1 Å². The van der Waals surface area contributed by atoms with Crippen molar-refractivity contribution in [1.29, 1.82) is 0 Å². The van der Waals surface area contributed by atoms with Crippen LogP contribution in [-0.2, 0) is 19.1 Å². The van der Waals surface area contributed by atoms with E-state index in [0.29, 0.717) is 24.4 Å². The Morgan fingerprint density at radius 2 is 0.941 bits per heavy atom. The van der Waals surface area contributed by atoms with Crippen LogP contribution in [0.4, 0.5) is 0 Å². The number of hydrogen-bond acceptors (Lipinski definition) is 6. The van der Waals surface area contributed by atoms with Crippen LogP contribution in [-0.4, -0.2) is 38.4 Å². The molecular formula is C28H30O6. The van der Waals surface area contributed by atoms with E-state index in [1.165, 1.54) is 0 Å². The van der Waals surface area contributed by atoms with Crippen LogP contribution in [0.25, 0.3) is 11.1 Å². The summed E-state index contributed by atoms with van der Waals surface area (Å²) in [4.78, 5) is 22.5. The molecule has 2 rings (SSSR count). The second-order valence-corrected chi connectivity index (χ2v) is 7.37. The zero-order valence-corrected chi connectivity index (χ0v) is 19.6. The molecule has 2 aromatic carbocycles.